The second-order valence-electron chi connectivity index (χ2n) is 3.83. The molecule has 1 nitrogen and oxygen atoms in total. The van der Waals surface area contributed by atoms with Crippen LogP contribution < -0.4 is 0 Å². The van der Waals surface area contributed by atoms with Crippen molar-refractivity contribution in [3.8, 4) is 0 Å². The maximum atomic E-state index is 13.4. The Bertz CT molecular complexity index is 395. The summed E-state index contributed by atoms with van der Waals surface area (Å²) >= 11 is 0. The maximum Gasteiger partial charge on any atom is 0.169 e. The predicted molar refractivity (Wildman–Crippen MR) is 57.2 cm³/mol. The molecule has 0 saturated carbocycles. The van der Waals surface area contributed by atoms with E-state index >= 15 is 0 Å². The van der Waals surface area contributed by atoms with E-state index < -0.39 is 5.82 Å². The van der Waals surface area contributed by atoms with Crippen molar-refractivity contribution in [1.29, 1.82) is 0 Å². The lowest BCUT2D eigenvalue weighted by atomic mass is 9.87. The van der Waals surface area contributed by atoms with E-state index in [2.05, 4.69) is 6.08 Å². The summed E-state index contributed by atoms with van der Waals surface area (Å²) < 4.78 is 13.4. The zero-order valence-electron chi connectivity index (χ0n) is 8.45. The number of ketones is 1. The lowest BCUT2D eigenvalue weighted by molar-refractivity contribution is 0.0908. The van der Waals surface area contributed by atoms with Crippen LogP contribution in [0, 0.1) is 11.7 Å². The van der Waals surface area contributed by atoms with Gasteiger partial charge in [-0.05, 0) is 31.4 Å². The molecule has 1 atom stereocenters. The van der Waals surface area contributed by atoms with Gasteiger partial charge >= 0.3 is 0 Å². The minimum atomic E-state index is -0.406. The van der Waals surface area contributed by atoms with Gasteiger partial charge in [0, 0.05) is 5.92 Å². The van der Waals surface area contributed by atoms with Crippen LogP contribution in [-0.4, -0.2) is 5.78 Å². The molecule has 0 saturated heterocycles. The highest BCUT2D eigenvalue weighted by atomic mass is 19.1. The second kappa shape index (κ2) is 4.39. The largest absolute Gasteiger partial charge is 0.294 e. The highest BCUT2D eigenvalue weighted by Crippen LogP contribution is 2.23. The van der Waals surface area contributed by atoms with Gasteiger partial charge < -0.3 is 0 Å². The average molecular weight is 204 g/mol. The number of halogens is 1. The van der Waals surface area contributed by atoms with E-state index in [-0.39, 0.29) is 17.3 Å². The Kier molecular flexibility index (Phi) is 2.95. The van der Waals surface area contributed by atoms with Crippen molar-refractivity contribution >= 4 is 5.78 Å². The van der Waals surface area contributed by atoms with Crippen LogP contribution in [0.25, 0.3) is 0 Å². The van der Waals surface area contributed by atoms with E-state index in [4.69, 9.17) is 0 Å². The number of hydrogen-bond donors (Lipinski definition) is 0. The van der Waals surface area contributed by atoms with Crippen molar-refractivity contribution in [3.05, 3.63) is 47.8 Å². The van der Waals surface area contributed by atoms with Crippen molar-refractivity contribution in [2.24, 2.45) is 5.92 Å². The zero-order chi connectivity index (χ0) is 10.7. The molecule has 0 spiro atoms. The highest BCUT2D eigenvalue weighted by Gasteiger charge is 2.22. The fourth-order valence-electron chi connectivity index (χ4n) is 1.91. The number of Topliss-reactive ketones (excluding diaryl/α,β-unsaturated/α-hetero) is 1. The molecule has 1 aliphatic rings. The minimum Gasteiger partial charge on any atom is -0.294 e. The van der Waals surface area contributed by atoms with Crippen molar-refractivity contribution in [3.63, 3.8) is 0 Å². The van der Waals surface area contributed by atoms with Gasteiger partial charge in [0.05, 0.1) is 5.56 Å². The normalized spacial score (nSPS) is 20.2. The fraction of sp³-hybridized carbons (Fsp3) is 0.308. The van der Waals surface area contributed by atoms with E-state index in [0.717, 1.165) is 19.3 Å². The Labute approximate surface area is 88.6 Å². The average Bonchev–Trinajstić information content (AvgIpc) is 2.30. The summed E-state index contributed by atoms with van der Waals surface area (Å²) in [4.78, 5) is 11.9. The Hall–Kier alpha value is -1.44. The van der Waals surface area contributed by atoms with Gasteiger partial charge in [-0.2, -0.15) is 0 Å². The van der Waals surface area contributed by atoms with Gasteiger partial charge in [0.25, 0.3) is 0 Å². The molecule has 0 amide bonds. The molecule has 1 aromatic rings. The molecule has 2 heteroatoms. The molecule has 1 aromatic carbocycles. The summed E-state index contributed by atoms with van der Waals surface area (Å²) in [5, 5.41) is 0. The van der Waals surface area contributed by atoms with Crippen LogP contribution >= 0.6 is 0 Å². The molecule has 0 N–H and O–H groups in total. The first-order chi connectivity index (χ1) is 7.29. The predicted octanol–water partition coefficient (Wildman–Crippen LogP) is 3.36. The summed E-state index contributed by atoms with van der Waals surface area (Å²) in [6.45, 7) is 0. The monoisotopic (exact) mass is 204 g/mol. The zero-order valence-corrected chi connectivity index (χ0v) is 8.45. The van der Waals surface area contributed by atoms with Crippen LogP contribution in [0.2, 0.25) is 0 Å². The highest BCUT2D eigenvalue weighted by molar-refractivity contribution is 5.98. The molecule has 15 heavy (non-hydrogen) atoms. The Morgan fingerprint density at radius 1 is 1.27 bits per heavy atom. The smallest absolute Gasteiger partial charge is 0.169 e. The molecule has 1 aliphatic carbocycles. The number of allylic oxidation sites excluding steroid dienone is 2. The molecule has 0 bridgehead atoms. The first-order valence-electron chi connectivity index (χ1n) is 5.23. The van der Waals surface area contributed by atoms with Gasteiger partial charge in [0.15, 0.2) is 5.78 Å². The molecule has 1 unspecified atom stereocenters. The number of benzene rings is 1. The third-order valence-corrected chi connectivity index (χ3v) is 2.78. The van der Waals surface area contributed by atoms with Crippen LogP contribution in [-0.2, 0) is 0 Å². The van der Waals surface area contributed by atoms with Gasteiger partial charge in [-0.15, -0.1) is 0 Å². The SMILES string of the molecule is O=C(c1ccccc1F)C1CC=CCC1. The minimum absolute atomic E-state index is 0.0353. The summed E-state index contributed by atoms with van der Waals surface area (Å²) in [6, 6.07) is 6.21. The standard InChI is InChI=1S/C13H13FO/c14-12-9-5-4-8-11(12)13(15)10-6-2-1-3-7-10/h1-2,4-5,8-10H,3,6-7H2. The first-order valence-corrected chi connectivity index (χ1v) is 5.23. The third kappa shape index (κ3) is 2.14. The number of carbonyl (C=O) groups excluding carboxylic acids is 1. The Morgan fingerprint density at radius 2 is 2.07 bits per heavy atom. The molecule has 2 rings (SSSR count). The summed E-state index contributed by atoms with van der Waals surface area (Å²) in [5.41, 5.74) is 0.234. The first kappa shape index (κ1) is 10.1. The molecular formula is C13H13FO. The molecule has 0 radical (unpaired) electrons. The second-order valence-corrected chi connectivity index (χ2v) is 3.83. The molecule has 0 heterocycles. The molecular weight excluding hydrogens is 191 g/mol. The summed E-state index contributed by atoms with van der Waals surface area (Å²) in [5.74, 6) is -0.499. The van der Waals surface area contributed by atoms with E-state index in [1.54, 1.807) is 18.2 Å². The van der Waals surface area contributed by atoms with Crippen LogP contribution in [0.15, 0.2) is 36.4 Å². The number of carbonyl (C=O) groups is 1. The summed E-state index contributed by atoms with van der Waals surface area (Å²) in [6.07, 6.45) is 6.58. The molecule has 0 aromatic heterocycles. The van der Waals surface area contributed by atoms with Crippen molar-refractivity contribution < 1.29 is 9.18 Å². The van der Waals surface area contributed by atoms with Gasteiger partial charge in [0.2, 0.25) is 0 Å². The van der Waals surface area contributed by atoms with Crippen molar-refractivity contribution in [2.45, 2.75) is 19.3 Å². The molecule has 0 fully saturated rings. The third-order valence-electron chi connectivity index (χ3n) is 2.78. The lowest BCUT2D eigenvalue weighted by Crippen LogP contribution is -2.17. The maximum absolute atomic E-state index is 13.4. The van der Waals surface area contributed by atoms with E-state index in [1.807, 2.05) is 6.08 Å². The number of hydrogen-bond acceptors (Lipinski definition) is 1. The van der Waals surface area contributed by atoms with Crippen LogP contribution in [0.4, 0.5) is 4.39 Å². The Balaban J connectivity index is 2.20. The molecule has 78 valence electrons. The topological polar surface area (TPSA) is 17.1 Å². The summed E-state index contributed by atoms with van der Waals surface area (Å²) in [7, 11) is 0. The van der Waals surface area contributed by atoms with Gasteiger partial charge in [0.1, 0.15) is 5.82 Å². The molecule has 0 aliphatic heterocycles. The van der Waals surface area contributed by atoms with Gasteiger partial charge in [-0.3, -0.25) is 4.79 Å². The van der Waals surface area contributed by atoms with E-state index in [9.17, 15) is 9.18 Å². The quantitative estimate of drug-likeness (QED) is 0.533. The fourth-order valence-corrected chi connectivity index (χ4v) is 1.91. The lowest BCUT2D eigenvalue weighted by Gasteiger charge is -2.16. The van der Waals surface area contributed by atoms with Crippen LogP contribution in [0.3, 0.4) is 0 Å². The van der Waals surface area contributed by atoms with Crippen molar-refractivity contribution in [2.75, 3.05) is 0 Å². The Morgan fingerprint density at radius 3 is 2.73 bits per heavy atom. The number of rotatable bonds is 2. The van der Waals surface area contributed by atoms with Crippen LogP contribution in [0.5, 0.6) is 0 Å². The van der Waals surface area contributed by atoms with Gasteiger partial charge in [-0.25, -0.2) is 4.39 Å². The van der Waals surface area contributed by atoms with Crippen molar-refractivity contribution in [1.82, 2.24) is 0 Å². The van der Waals surface area contributed by atoms with Gasteiger partial charge in [-0.1, -0.05) is 24.3 Å². The van der Waals surface area contributed by atoms with E-state index in [0.29, 0.717) is 0 Å². The van der Waals surface area contributed by atoms with Crippen LogP contribution in [0.1, 0.15) is 29.6 Å². The van der Waals surface area contributed by atoms with E-state index in [1.165, 1.54) is 6.07 Å².